The van der Waals surface area contributed by atoms with E-state index in [1.807, 2.05) is 0 Å². The Bertz CT molecular complexity index is 4050. The van der Waals surface area contributed by atoms with Crippen LogP contribution in [0.3, 0.4) is 0 Å². The van der Waals surface area contributed by atoms with E-state index in [-0.39, 0.29) is 0 Å². The summed E-state index contributed by atoms with van der Waals surface area (Å²) in [6.07, 6.45) is 12.4. The van der Waals surface area contributed by atoms with Crippen molar-refractivity contribution >= 4 is 122 Å². The van der Waals surface area contributed by atoms with Gasteiger partial charge in [-0.2, -0.15) is 0 Å². The molecule has 10 heteroatoms. The lowest BCUT2D eigenvalue weighted by Crippen LogP contribution is -2.46. The SMILES string of the molecule is CCCCCCc1cc(-n2c3ccc(Br)cc3c3c4ccc(CC5(C)OB(c6ccc7c(c6)c6c8ccccc8ccc6n7-c6cc(CCCCCC)c(B7OC(C)(C)C(C)(C)O7)cc6C)OC5(C)C)cc4ccc32)c(C)cc1Br. The molecule has 1 unspecified atom stereocenters. The molecule has 0 saturated carbocycles. The molecule has 0 bridgehead atoms. The molecule has 10 aromatic rings. The average molecular weight is 1190 g/mol. The second-order valence-corrected chi connectivity index (χ2v) is 26.8. The lowest BCUT2D eigenvalue weighted by molar-refractivity contribution is -0.00875. The third-order valence-electron chi connectivity index (χ3n) is 18.7. The maximum absolute atomic E-state index is 7.28. The molecule has 1 atom stereocenters. The standard InChI is InChI=1S/C70H76B2Br2N2O4/c1-12-14-16-18-23-49-39-63(44(3)36-57(49)72-77-67(5,6)68(7,8)78-72)75-59-34-29-51(41-55(59)65-53-25-21-20-22-47(53)27-32-61(65)75)71-79-69(9,10)70(11,80-71)43-46-26-31-54-48(38-46)28-33-62-66(54)56-42-52(73)30-35-60(56)76(62)64-40-50(24-19-17-15-13-2)58(74)37-45(64)4/h20-22,25-42H,12-19,23-24,43H2,1-11H3. The second kappa shape index (κ2) is 21.2. The van der Waals surface area contributed by atoms with E-state index in [1.165, 1.54) is 148 Å². The number of halogens is 2. The van der Waals surface area contributed by atoms with E-state index >= 15 is 0 Å². The summed E-state index contributed by atoms with van der Waals surface area (Å²) in [4.78, 5) is 0. The predicted octanol–water partition coefficient (Wildman–Crippen LogP) is 18.4. The lowest BCUT2D eigenvalue weighted by Gasteiger charge is -2.36. The van der Waals surface area contributed by atoms with Crippen molar-refractivity contribution in [3.05, 3.63) is 164 Å². The highest BCUT2D eigenvalue weighted by atomic mass is 79.9. The van der Waals surface area contributed by atoms with Crippen LogP contribution in [-0.2, 0) is 37.9 Å². The van der Waals surface area contributed by atoms with Crippen molar-refractivity contribution in [2.24, 2.45) is 0 Å². The molecule has 12 rings (SSSR count). The van der Waals surface area contributed by atoms with E-state index in [0.29, 0.717) is 6.42 Å². The van der Waals surface area contributed by atoms with Crippen LogP contribution in [0.15, 0.2) is 136 Å². The van der Waals surface area contributed by atoms with E-state index in [1.54, 1.807) is 0 Å². The number of aromatic nitrogens is 2. The molecule has 2 aromatic heterocycles. The highest BCUT2D eigenvalue weighted by molar-refractivity contribution is 9.10. The van der Waals surface area contributed by atoms with Gasteiger partial charge in [-0.1, -0.05) is 157 Å². The van der Waals surface area contributed by atoms with Gasteiger partial charge in [-0.15, -0.1) is 0 Å². The summed E-state index contributed by atoms with van der Waals surface area (Å²) in [5, 5.41) is 9.82. The first-order valence-electron chi connectivity index (χ1n) is 29.6. The maximum Gasteiger partial charge on any atom is 0.495 e. The van der Waals surface area contributed by atoms with Crippen LogP contribution < -0.4 is 10.9 Å². The molecule has 2 saturated heterocycles. The van der Waals surface area contributed by atoms with Crippen LogP contribution in [0.1, 0.15) is 141 Å². The minimum Gasteiger partial charge on any atom is -0.399 e. The summed E-state index contributed by atoms with van der Waals surface area (Å²) in [5.41, 5.74) is 13.5. The van der Waals surface area contributed by atoms with Crippen LogP contribution in [-0.4, -0.2) is 45.8 Å². The van der Waals surface area contributed by atoms with Crippen molar-refractivity contribution in [1.82, 2.24) is 9.13 Å². The molecule has 6 nitrogen and oxygen atoms in total. The van der Waals surface area contributed by atoms with Gasteiger partial charge in [0.05, 0.1) is 44.5 Å². The number of fused-ring (bicyclic) bond motifs is 10. The molecule has 0 N–H and O–H groups in total. The van der Waals surface area contributed by atoms with Gasteiger partial charge >= 0.3 is 14.2 Å². The van der Waals surface area contributed by atoms with Crippen LogP contribution in [0.5, 0.6) is 0 Å². The first kappa shape index (κ1) is 55.3. The van der Waals surface area contributed by atoms with E-state index in [9.17, 15) is 0 Å². The summed E-state index contributed by atoms with van der Waals surface area (Å²) in [5.74, 6) is 0. The fourth-order valence-corrected chi connectivity index (χ4v) is 14.1. The van der Waals surface area contributed by atoms with Gasteiger partial charge in [0, 0.05) is 48.3 Å². The number of nitrogens with zero attached hydrogens (tertiary/aromatic N) is 2. The Hall–Kier alpha value is -5.19. The van der Waals surface area contributed by atoms with Crippen molar-refractivity contribution in [3.8, 4) is 11.4 Å². The highest BCUT2D eigenvalue weighted by Gasteiger charge is 2.55. The van der Waals surface area contributed by atoms with Crippen LogP contribution in [0.2, 0.25) is 0 Å². The Morgan fingerprint density at radius 2 is 1.02 bits per heavy atom. The van der Waals surface area contributed by atoms with Crippen molar-refractivity contribution in [2.45, 2.75) is 169 Å². The van der Waals surface area contributed by atoms with Crippen LogP contribution in [0, 0.1) is 13.8 Å². The van der Waals surface area contributed by atoms with Crippen LogP contribution in [0.25, 0.3) is 76.5 Å². The smallest absolute Gasteiger partial charge is 0.399 e. The summed E-state index contributed by atoms with van der Waals surface area (Å²) in [7, 11) is -0.993. The summed E-state index contributed by atoms with van der Waals surface area (Å²) in [6, 6.07) is 48.1. The topological polar surface area (TPSA) is 46.8 Å². The summed E-state index contributed by atoms with van der Waals surface area (Å²) >= 11 is 7.79. The van der Waals surface area contributed by atoms with E-state index in [0.717, 1.165) is 40.2 Å². The third-order valence-corrected chi connectivity index (χ3v) is 19.9. The molecule has 0 spiro atoms. The molecule has 0 aliphatic carbocycles. The maximum atomic E-state index is 7.28. The average Bonchev–Trinajstić information content (AvgIpc) is 4.12. The van der Waals surface area contributed by atoms with Crippen molar-refractivity contribution in [1.29, 1.82) is 0 Å². The minimum atomic E-state index is -0.636. The number of aryl methyl sites for hydroxylation is 4. The van der Waals surface area contributed by atoms with Gasteiger partial charge in [0.15, 0.2) is 0 Å². The van der Waals surface area contributed by atoms with Crippen LogP contribution in [0.4, 0.5) is 0 Å². The molecule has 0 amide bonds. The van der Waals surface area contributed by atoms with E-state index in [2.05, 4.69) is 245 Å². The van der Waals surface area contributed by atoms with Gasteiger partial charge in [-0.3, -0.25) is 0 Å². The predicted molar refractivity (Wildman–Crippen MR) is 347 cm³/mol. The van der Waals surface area contributed by atoms with Crippen molar-refractivity contribution in [2.75, 3.05) is 0 Å². The Kier molecular flexibility index (Phi) is 14.7. The number of hydrogen-bond donors (Lipinski definition) is 0. The largest absolute Gasteiger partial charge is 0.495 e. The molecule has 80 heavy (non-hydrogen) atoms. The molecule has 0 radical (unpaired) electrons. The Morgan fingerprint density at radius 3 is 1.70 bits per heavy atom. The number of hydrogen-bond acceptors (Lipinski definition) is 4. The minimum absolute atomic E-state index is 0.430. The van der Waals surface area contributed by atoms with Crippen molar-refractivity contribution in [3.63, 3.8) is 0 Å². The molecule has 410 valence electrons. The first-order chi connectivity index (χ1) is 38.3. The number of benzene rings is 8. The highest BCUT2D eigenvalue weighted by Crippen LogP contribution is 2.45. The van der Waals surface area contributed by atoms with Crippen LogP contribution >= 0.6 is 31.9 Å². The number of unbranched alkanes of at least 4 members (excludes halogenated alkanes) is 6. The zero-order chi connectivity index (χ0) is 56.0. The van der Waals surface area contributed by atoms with Crippen molar-refractivity contribution < 1.29 is 18.6 Å². The molecule has 4 heterocycles. The zero-order valence-electron chi connectivity index (χ0n) is 48.8. The van der Waals surface area contributed by atoms with Gasteiger partial charge in [-0.05, 0) is 203 Å². The van der Waals surface area contributed by atoms with Gasteiger partial charge < -0.3 is 27.8 Å². The Balaban J connectivity index is 0.899. The molecular weight excluding hydrogens is 1110 g/mol. The summed E-state index contributed by atoms with van der Waals surface area (Å²) < 4.78 is 35.1. The second-order valence-electron chi connectivity index (χ2n) is 25.1. The first-order valence-corrected chi connectivity index (χ1v) is 31.1. The summed E-state index contributed by atoms with van der Waals surface area (Å²) in [6.45, 7) is 24.2. The monoisotopic (exact) mass is 1190 g/mol. The van der Waals surface area contributed by atoms with E-state index < -0.39 is 36.6 Å². The Labute approximate surface area is 491 Å². The van der Waals surface area contributed by atoms with E-state index in [4.69, 9.17) is 18.6 Å². The van der Waals surface area contributed by atoms with Gasteiger partial charge in [0.25, 0.3) is 0 Å². The third kappa shape index (κ3) is 9.60. The normalized spacial score (nSPS) is 18.0. The van der Waals surface area contributed by atoms with Gasteiger partial charge in [-0.25, -0.2) is 0 Å². The Morgan fingerprint density at radius 1 is 0.463 bits per heavy atom. The number of rotatable bonds is 16. The molecule has 2 aliphatic rings. The van der Waals surface area contributed by atoms with Gasteiger partial charge in [0.2, 0.25) is 0 Å². The molecular formula is C70H76B2Br2N2O4. The molecule has 2 fully saturated rings. The fraction of sp³-hybridized carbons (Fsp3) is 0.371. The lowest BCUT2D eigenvalue weighted by atomic mass is 9.74. The molecule has 8 aromatic carbocycles. The quantitative estimate of drug-likeness (QED) is 0.0714. The zero-order valence-corrected chi connectivity index (χ0v) is 52.0. The fourth-order valence-electron chi connectivity index (χ4n) is 13.1. The molecule has 2 aliphatic heterocycles. The van der Waals surface area contributed by atoms with Gasteiger partial charge in [0.1, 0.15) is 0 Å².